The molecule has 12 heteroatoms. The first-order chi connectivity index (χ1) is 16.6. The van der Waals surface area contributed by atoms with Gasteiger partial charge in [-0.3, -0.25) is 4.79 Å². The molecule has 0 unspecified atom stereocenters. The SMILES string of the molecule is Cc1cc(Nc2cc(CC(=O)c3c(Cl)cccc3Cl)ccn2)nc(N2CCN(S(C)(=O)=O)CC2)n1. The van der Waals surface area contributed by atoms with Crippen LogP contribution in [0.25, 0.3) is 0 Å². The number of hydrogen-bond donors (Lipinski definition) is 1. The number of benzene rings is 1. The third kappa shape index (κ3) is 6.26. The first kappa shape index (κ1) is 25.3. The maximum Gasteiger partial charge on any atom is 0.227 e. The van der Waals surface area contributed by atoms with Gasteiger partial charge in [-0.25, -0.2) is 18.4 Å². The van der Waals surface area contributed by atoms with Crippen LogP contribution in [0.4, 0.5) is 17.6 Å². The van der Waals surface area contributed by atoms with Crippen LogP contribution < -0.4 is 10.2 Å². The predicted octanol–water partition coefficient (Wildman–Crippen LogP) is 3.74. The molecule has 1 fully saturated rings. The van der Waals surface area contributed by atoms with Crippen LogP contribution in [-0.2, 0) is 16.4 Å². The molecule has 2 aromatic heterocycles. The topological polar surface area (TPSA) is 108 Å². The average molecular weight is 535 g/mol. The lowest BCUT2D eigenvalue weighted by molar-refractivity contribution is 0.0993. The van der Waals surface area contributed by atoms with Crippen LogP contribution in [-0.4, -0.2) is 65.9 Å². The zero-order chi connectivity index (χ0) is 25.2. The number of rotatable bonds is 7. The fraction of sp³-hybridized carbons (Fsp3) is 0.304. The Morgan fingerprint density at radius 3 is 2.37 bits per heavy atom. The van der Waals surface area contributed by atoms with Gasteiger partial charge in [0.15, 0.2) is 5.78 Å². The van der Waals surface area contributed by atoms with E-state index in [-0.39, 0.29) is 12.2 Å². The number of carbonyl (C=O) groups excluding carboxylic acids is 1. The molecule has 0 aliphatic carbocycles. The maximum atomic E-state index is 12.8. The molecule has 1 aromatic carbocycles. The van der Waals surface area contributed by atoms with E-state index in [1.165, 1.54) is 10.6 Å². The van der Waals surface area contributed by atoms with Crippen molar-refractivity contribution in [2.75, 3.05) is 42.7 Å². The molecule has 1 aliphatic heterocycles. The van der Waals surface area contributed by atoms with Crippen LogP contribution in [0, 0.1) is 6.92 Å². The molecule has 4 rings (SSSR count). The smallest absolute Gasteiger partial charge is 0.227 e. The molecule has 0 spiro atoms. The van der Waals surface area contributed by atoms with E-state index in [9.17, 15) is 13.2 Å². The summed E-state index contributed by atoms with van der Waals surface area (Å²) in [6.07, 6.45) is 2.93. The summed E-state index contributed by atoms with van der Waals surface area (Å²) in [5.41, 5.74) is 1.79. The first-order valence-corrected chi connectivity index (χ1v) is 13.5. The van der Waals surface area contributed by atoms with Crippen LogP contribution in [0.2, 0.25) is 10.0 Å². The summed E-state index contributed by atoms with van der Waals surface area (Å²) in [5.74, 6) is 1.39. The third-order valence-electron chi connectivity index (χ3n) is 5.52. The van der Waals surface area contributed by atoms with Crippen molar-refractivity contribution in [1.82, 2.24) is 19.3 Å². The highest BCUT2D eigenvalue weighted by Gasteiger charge is 2.25. The van der Waals surface area contributed by atoms with Crippen LogP contribution >= 0.6 is 23.2 Å². The number of hydrogen-bond acceptors (Lipinski definition) is 8. The van der Waals surface area contributed by atoms with Gasteiger partial charge in [-0.2, -0.15) is 9.29 Å². The highest BCUT2D eigenvalue weighted by Crippen LogP contribution is 2.26. The van der Waals surface area contributed by atoms with E-state index in [1.54, 1.807) is 42.6 Å². The molecule has 184 valence electrons. The highest BCUT2D eigenvalue weighted by atomic mass is 35.5. The predicted molar refractivity (Wildman–Crippen MR) is 137 cm³/mol. The van der Waals surface area contributed by atoms with E-state index in [4.69, 9.17) is 23.2 Å². The minimum atomic E-state index is -3.22. The number of carbonyl (C=O) groups is 1. The average Bonchev–Trinajstić information content (AvgIpc) is 2.78. The fourth-order valence-electron chi connectivity index (χ4n) is 3.80. The standard InChI is InChI=1S/C23H24Cl2N6O3S/c1-15-12-21(29-23(27-15)30-8-10-31(11-9-30)35(2,33)34)28-20-14-16(6-7-26-20)13-19(32)22-17(24)4-3-5-18(22)25/h3-7,12,14H,8-11,13H2,1-2H3,(H,26,27,28,29). The van der Waals surface area contributed by atoms with Crippen LogP contribution in [0.1, 0.15) is 21.6 Å². The number of aromatic nitrogens is 3. The summed E-state index contributed by atoms with van der Waals surface area (Å²) in [5, 5.41) is 3.81. The Bertz CT molecular complexity index is 1340. The summed E-state index contributed by atoms with van der Waals surface area (Å²) < 4.78 is 25.0. The van der Waals surface area contributed by atoms with Crippen molar-refractivity contribution >= 4 is 56.6 Å². The van der Waals surface area contributed by atoms with Gasteiger partial charge in [0, 0.05) is 50.6 Å². The zero-order valence-corrected chi connectivity index (χ0v) is 21.5. The highest BCUT2D eigenvalue weighted by molar-refractivity contribution is 7.88. The second-order valence-corrected chi connectivity index (χ2v) is 11.0. The van der Waals surface area contributed by atoms with Crippen molar-refractivity contribution in [3.05, 3.63) is 69.5 Å². The number of nitrogens with one attached hydrogen (secondary N) is 1. The molecule has 0 saturated carbocycles. The van der Waals surface area contributed by atoms with Crippen molar-refractivity contribution in [2.24, 2.45) is 0 Å². The Labute approximate surface area is 214 Å². The summed E-state index contributed by atoms with van der Waals surface area (Å²) in [6, 6.07) is 10.3. The summed E-state index contributed by atoms with van der Waals surface area (Å²) in [6.45, 7) is 3.61. The molecule has 0 bridgehead atoms. The quantitative estimate of drug-likeness (QED) is 0.456. The molecule has 9 nitrogen and oxygen atoms in total. The molecular weight excluding hydrogens is 511 g/mol. The van der Waals surface area contributed by atoms with Gasteiger partial charge in [0.2, 0.25) is 16.0 Å². The van der Waals surface area contributed by atoms with Gasteiger partial charge in [-0.1, -0.05) is 29.3 Å². The minimum absolute atomic E-state index is 0.110. The Hall–Kier alpha value is -2.79. The molecular formula is C23H24Cl2N6O3S. The van der Waals surface area contributed by atoms with Gasteiger partial charge in [-0.15, -0.1) is 0 Å². The van der Waals surface area contributed by atoms with Gasteiger partial charge in [0.1, 0.15) is 11.6 Å². The number of piperazine rings is 1. The molecule has 3 aromatic rings. The molecule has 1 aliphatic rings. The van der Waals surface area contributed by atoms with E-state index in [2.05, 4.69) is 20.3 Å². The van der Waals surface area contributed by atoms with E-state index < -0.39 is 10.0 Å². The molecule has 1 saturated heterocycles. The van der Waals surface area contributed by atoms with E-state index in [0.29, 0.717) is 59.4 Å². The van der Waals surface area contributed by atoms with Crippen molar-refractivity contribution in [3.8, 4) is 0 Å². The number of anilines is 3. The maximum absolute atomic E-state index is 12.8. The zero-order valence-electron chi connectivity index (χ0n) is 19.2. The number of aryl methyl sites for hydroxylation is 1. The third-order valence-corrected chi connectivity index (χ3v) is 7.45. The largest absolute Gasteiger partial charge is 0.338 e. The van der Waals surface area contributed by atoms with Crippen LogP contribution in [0.5, 0.6) is 0 Å². The van der Waals surface area contributed by atoms with Crippen molar-refractivity contribution in [3.63, 3.8) is 0 Å². The minimum Gasteiger partial charge on any atom is -0.338 e. The molecule has 0 amide bonds. The van der Waals surface area contributed by atoms with Crippen molar-refractivity contribution in [1.29, 1.82) is 0 Å². The summed E-state index contributed by atoms with van der Waals surface area (Å²) in [7, 11) is -3.22. The number of ketones is 1. The van der Waals surface area contributed by atoms with Crippen LogP contribution in [0.3, 0.4) is 0 Å². The van der Waals surface area contributed by atoms with Gasteiger partial charge in [-0.05, 0) is 36.8 Å². The Balaban J connectivity index is 1.48. The monoisotopic (exact) mass is 534 g/mol. The van der Waals surface area contributed by atoms with E-state index in [1.807, 2.05) is 11.8 Å². The van der Waals surface area contributed by atoms with Crippen molar-refractivity contribution < 1.29 is 13.2 Å². The Kier molecular flexibility index (Phi) is 7.56. The lowest BCUT2D eigenvalue weighted by Gasteiger charge is -2.33. The van der Waals surface area contributed by atoms with E-state index >= 15 is 0 Å². The van der Waals surface area contributed by atoms with Crippen molar-refractivity contribution in [2.45, 2.75) is 13.3 Å². The second kappa shape index (κ2) is 10.4. The molecule has 3 heterocycles. The number of nitrogens with zero attached hydrogens (tertiary/aromatic N) is 5. The molecule has 0 atom stereocenters. The summed E-state index contributed by atoms with van der Waals surface area (Å²) >= 11 is 12.3. The number of Topliss-reactive ketones (excluding diaryl/α,β-unsaturated/α-hetero) is 1. The number of halogens is 2. The number of pyridine rings is 1. The van der Waals surface area contributed by atoms with Crippen LogP contribution in [0.15, 0.2) is 42.6 Å². The Morgan fingerprint density at radius 1 is 1.03 bits per heavy atom. The lowest BCUT2D eigenvalue weighted by Crippen LogP contribution is -2.48. The first-order valence-electron chi connectivity index (χ1n) is 10.8. The molecule has 0 radical (unpaired) electrons. The second-order valence-electron chi connectivity index (χ2n) is 8.21. The normalized spacial score (nSPS) is 14.7. The van der Waals surface area contributed by atoms with E-state index in [0.717, 1.165) is 11.3 Å². The van der Waals surface area contributed by atoms with Gasteiger partial charge in [0.25, 0.3) is 0 Å². The number of sulfonamides is 1. The lowest BCUT2D eigenvalue weighted by atomic mass is 10.0. The van der Waals surface area contributed by atoms with Gasteiger partial charge in [0.05, 0.1) is 21.9 Å². The van der Waals surface area contributed by atoms with Gasteiger partial charge >= 0.3 is 0 Å². The Morgan fingerprint density at radius 2 is 1.71 bits per heavy atom. The fourth-order valence-corrected chi connectivity index (χ4v) is 5.23. The van der Waals surface area contributed by atoms with Gasteiger partial charge < -0.3 is 10.2 Å². The molecule has 35 heavy (non-hydrogen) atoms. The summed E-state index contributed by atoms with van der Waals surface area (Å²) in [4.78, 5) is 28.2. The molecule has 1 N–H and O–H groups in total.